The molecule has 0 saturated heterocycles. The van der Waals surface area contributed by atoms with E-state index in [-0.39, 0.29) is 16.9 Å². The van der Waals surface area contributed by atoms with Crippen LogP contribution in [-0.2, 0) is 4.79 Å². The zero-order chi connectivity index (χ0) is 20.2. The van der Waals surface area contributed by atoms with Crippen LogP contribution in [0.15, 0.2) is 29.7 Å². The lowest BCUT2D eigenvalue weighted by molar-refractivity contribution is -0.386. The largest absolute Gasteiger partial charge is 0.500 e. The van der Waals surface area contributed by atoms with Crippen LogP contribution in [0.1, 0.15) is 38.3 Å². The average Bonchev–Trinajstić information content (AvgIpc) is 3.07. The van der Waals surface area contributed by atoms with E-state index in [9.17, 15) is 20.0 Å². The minimum Gasteiger partial charge on any atom is -0.500 e. The number of nitro benzene ring substituents is 1. The molecule has 10 nitrogen and oxygen atoms in total. The van der Waals surface area contributed by atoms with Gasteiger partial charge in [-0.2, -0.15) is 10.1 Å². The molecule has 2 heterocycles. The molecule has 146 valence electrons. The van der Waals surface area contributed by atoms with Crippen molar-refractivity contribution in [3.05, 3.63) is 45.4 Å². The molecule has 4 rings (SSSR count). The van der Waals surface area contributed by atoms with E-state index in [4.69, 9.17) is 4.74 Å². The summed E-state index contributed by atoms with van der Waals surface area (Å²) in [6.45, 7) is 4.03. The Bertz CT molecular complexity index is 1040. The zero-order valence-electron chi connectivity index (χ0n) is 15.6. The van der Waals surface area contributed by atoms with Crippen LogP contribution in [0, 0.1) is 15.5 Å². The van der Waals surface area contributed by atoms with Gasteiger partial charge >= 0.3 is 5.69 Å². The molecule has 0 amide bonds. The monoisotopic (exact) mass is 385 g/mol. The molecule has 1 atom stereocenters. The van der Waals surface area contributed by atoms with Crippen molar-refractivity contribution in [1.29, 1.82) is 0 Å². The van der Waals surface area contributed by atoms with Gasteiger partial charge in [-0.25, -0.2) is 4.68 Å². The predicted molar refractivity (Wildman–Crippen MR) is 98.1 cm³/mol. The Balaban J connectivity index is 1.96. The Morgan fingerprint density at radius 1 is 1.39 bits per heavy atom. The van der Waals surface area contributed by atoms with Crippen LogP contribution in [0.2, 0.25) is 0 Å². The molecular weight excluding hydrogens is 366 g/mol. The van der Waals surface area contributed by atoms with Crippen molar-refractivity contribution < 1.29 is 19.6 Å². The number of nitro groups is 1. The number of nitrogens with zero attached hydrogens (tertiary/aromatic N) is 4. The molecule has 0 spiro atoms. The van der Waals surface area contributed by atoms with Gasteiger partial charge in [0.25, 0.3) is 0 Å². The summed E-state index contributed by atoms with van der Waals surface area (Å²) in [6, 6.07) is 2.03. The van der Waals surface area contributed by atoms with Crippen LogP contribution in [0.4, 0.5) is 11.6 Å². The second kappa shape index (κ2) is 6.04. The predicted octanol–water partition coefficient (Wildman–Crippen LogP) is 2.56. The summed E-state index contributed by atoms with van der Waals surface area (Å²) in [6.07, 6.45) is 2.34. The number of rotatable bonds is 3. The lowest BCUT2D eigenvalue weighted by Crippen LogP contribution is -2.36. The smallest absolute Gasteiger partial charge is 0.315 e. The lowest BCUT2D eigenvalue weighted by Gasteiger charge is -2.38. The van der Waals surface area contributed by atoms with Crippen LogP contribution in [0.3, 0.4) is 0 Å². The Kier molecular flexibility index (Phi) is 3.88. The fourth-order valence-electron chi connectivity index (χ4n) is 3.92. The van der Waals surface area contributed by atoms with E-state index >= 15 is 0 Å². The lowest BCUT2D eigenvalue weighted by atomic mass is 9.73. The normalized spacial score (nSPS) is 20.2. The molecule has 0 saturated carbocycles. The van der Waals surface area contributed by atoms with Crippen molar-refractivity contribution in [2.24, 2.45) is 5.41 Å². The summed E-state index contributed by atoms with van der Waals surface area (Å²) in [5, 5.41) is 28.9. The maximum absolute atomic E-state index is 13.0. The Labute approximate surface area is 160 Å². The van der Waals surface area contributed by atoms with Crippen LogP contribution in [0.25, 0.3) is 0 Å². The van der Waals surface area contributed by atoms with Gasteiger partial charge < -0.3 is 15.2 Å². The Morgan fingerprint density at radius 2 is 2.14 bits per heavy atom. The fourth-order valence-corrected chi connectivity index (χ4v) is 3.92. The summed E-state index contributed by atoms with van der Waals surface area (Å²) in [4.78, 5) is 27.9. The molecular formula is C18H19N5O5. The van der Waals surface area contributed by atoms with E-state index in [0.29, 0.717) is 29.9 Å². The number of hydrogen-bond acceptors (Lipinski definition) is 8. The van der Waals surface area contributed by atoms with Gasteiger partial charge in [-0.15, -0.1) is 0 Å². The number of ketones is 1. The number of nitrogens with one attached hydrogen (secondary N) is 1. The second-order valence-corrected chi connectivity index (χ2v) is 7.74. The number of ether oxygens (including phenoxy) is 1. The van der Waals surface area contributed by atoms with Crippen molar-refractivity contribution in [1.82, 2.24) is 14.8 Å². The third-order valence-corrected chi connectivity index (χ3v) is 5.08. The number of allylic oxidation sites excluding steroid dienone is 2. The summed E-state index contributed by atoms with van der Waals surface area (Å²) in [5.41, 5.74) is 0.935. The number of benzene rings is 1. The molecule has 0 radical (unpaired) electrons. The maximum Gasteiger partial charge on any atom is 0.315 e. The Hall–Kier alpha value is -3.43. The number of carbonyl (C=O) groups excluding carboxylic acids is 1. The van der Waals surface area contributed by atoms with Crippen molar-refractivity contribution in [2.75, 3.05) is 12.4 Å². The zero-order valence-corrected chi connectivity index (χ0v) is 15.6. The molecule has 2 aliphatic rings. The third kappa shape index (κ3) is 2.68. The molecule has 28 heavy (non-hydrogen) atoms. The number of carbonyl (C=O) groups is 1. The molecule has 2 N–H and O–H groups in total. The summed E-state index contributed by atoms with van der Waals surface area (Å²) in [5.74, 6) is -0.215. The number of aromatic nitrogens is 3. The first-order valence-electron chi connectivity index (χ1n) is 8.70. The van der Waals surface area contributed by atoms with Crippen LogP contribution in [0.5, 0.6) is 11.5 Å². The average molecular weight is 385 g/mol. The van der Waals surface area contributed by atoms with Crippen LogP contribution < -0.4 is 10.1 Å². The first kappa shape index (κ1) is 18.0. The van der Waals surface area contributed by atoms with Crippen LogP contribution in [-0.4, -0.2) is 37.7 Å². The first-order chi connectivity index (χ1) is 13.2. The van der Waals surface area contributed by atoms with Crippen molar-refractivity contribution >= 4 is 17.4 Å². The topological polar surface area (TPSA) is 132 Å². The van der Waals surface area contributed by atoms with Gasteiger partial charge in [0.2, 0.25) is 11.7 Å². The van der Waals surface area contributed by atoms with Gasteiger partial charge in [0, 0.05) is 23.8 Å². The van der Waals surface area contributed by atoms with Gasteiger partial charge in [0.05, 0.1) is 12.0 Å². The quantitative estimate of drug-likeness (QED) is 0.608. The second-order valence-electron chi connectivity index (χ2n) is 7.74. The number of phenols is 1. The highest BCUT2D eigenvalue weighted by Crippen LogP contribution is 2.47. The fraction of sp³-hybridized carbons (Fsp3) is 0.389. The highest BCUT2D eigenvalue weighted by atomic mass is 16.6. The third-order valence-electron chi connectivity index (χ3n) is 5.08. The summed E-state index contributed by atoms with van der Waals surface area (Å²) in [7, 11) is 1.31. The summed E-state index contributed by atoms with van der Waals surface area (Å²) < 4.78 is 6.63. The number of aromatic hydroxyl groups is 1. The van der Waals surface area contributed by atoms with Gasteiger partial charge in [0.15, 0.2) is 11.5 Å². The highest BCUT2D eigenvalue weighted by molar-refractivity contribution is 6.00. The molecule has 1 aliphatic carbocycles. The molecule has 0 fully saturated rings. The van der Waals surface area contributed by atoms with Crippen LogP contribution >= 0.6 is 0 Å². The van der Waals surface area contributed by atoms with Gasteiger partial charge in [-0.3, -0.25) is 14.9 Å². The molecule has 0 bridgehead atoms. The minimum atomic E-state index is -0.703. The number of methoxy groups -OCH3 is 1. The van der Waals surface area contributed by atoms with E-state index in [1.807, 2.05) is 13.8 Å². The number of Topliss-reactive ketones (excluding diaryl/α,β-unsaturated/α-hetero) is 1. The molecule has 1 aliphatic heterocycles. The molecule has 1 aromatic carbocycles. The standard InChI is InChI=1S/C18H19N5O5/c1-18(2)6-10-14(12(24)7-18)15(22-17(21-10)19-8-20-22)9-4-11(23(26)27)16(25)13(5-9)28-3/h4-5,8,15,25H,6-7H2,1-3H3,(H,19,20,21). The van der Waals surface area contributed by atoms with E-state index in [1.165, 1.54) is 30.3 Å². The minimum absolute atomic E-state index is 0.0462. The maximum atomic E-state index is 13.0. The Morgan fingerprint density at radius 3 is 2.82 bits per heavy atom. The van der Waals surface area contributed by atoms with Gasteiger partial charge in [0.1, 0.15) is 12.4 Å². The number of hydrogen-bond donors (Lipinski definition) is 2. The van der Waals surface area contributed by atoms with E-state index in [0.717, 1.165) is 5.70 Å². The van der Waals surface area contributed by atoms with Gasteiger partial charge in [-0.1, -0.05) is 13.8 Å². The highest BCUT2D eigenvalue weighted by Gasteiger charge is 2.42. The number of phenolic OH excluding ortho intramolecular Hbond substituents is 1. The molecule has 10 heteroatoms. The summed E-state index contributed by atoms with van der Waals surface area (Å²) >= 11 is 0. The van der Waals surface area contributed by atoms with E-state index in [1.54, 1.807) is 0 Å². The number of anilines is 1. The first-order valence-corrected chi connectivity index (χ1v) is 8.70. The van der Waals surface area contributed by atoms with Crippen molar-refractivity contribution in [3.8, 4) is 11.5 Å². The van der Waals surface area contributed by atoms with E-state index < -0.39 is 22.4 Å². The van der Waals surface area contributed by atoms with E-state index in [2.05, 4.69) is 15.4 Å². The molecule has 2 aromatic rings. The molecule has 1 aromatic heterocycles. The number of fused-ring (bicyclic) bond motifs is 1. The van der Waals surface area contributed by atoms with Crippen molar-refractivity contribution in [2.45, 2.75) is 32.7 Å². The van der Waals surface area contributed by atoms with Crippen molar-refractivity contribution in [3.63, 3.8) is 0 Å². The molecule has 1 unspecified atom stereocenters. The van der Waals surface area contributed by atoms with Gasteiger partial charge in [-0.05, 0) is 23.5 Å². The SMILES string of the molecule is COc1cc(C2C3=C(CC(C)(C)CC3=O)Nc3ncnn32)cc([N+](=O)[O-])c1O.